The molecule has 0 aromatic heterocycles. The van der Waals surface area contributed by atoms with Crippen LogP contribution in [0.25, 0.3) is 0 Å². The Morgan fingerprint density at radius 3 is 2.56 bits per heavy atom. The number of hydrogen-bond donors (Lipinski definition) is 0. The average molecular weight is 250 g/mol. The van der Waals surface area contributed by atoms with Crippen molar-refractivity contribution >= 4 is 5.97 Å². The van der Waals surface area contributed by atoms with Crippen molar-refractivity contribution in [1.29, 1.82) is 0 Å². The van der Waals surface area contributed by atoms with Crippen LogP contribution in [0.15, 0.2) is 24.3 Å². The molecule has 0 aromatic rings. The van der Waals surface area contributed by atoms with Crippen molar-refractivity contribution in [2.45, 2.75) is 60.0 Å². The van der Waals surface area contributed by atoms with Gasteiger partial charge in [-0.15, -0.1) is 0 Å². The molecule has 0 radical (unpaired) electrons. The largest absolute Gasteiger partial charge is 0.457 e. The molecule has 0 fully saturated rings. The first-order valence-electron chi connectivity index (χ1n) is 6.93. The summed E-state index contributed by atoms with van der Waals surface area (Å²) in [5.74, 6) is -0.0967. The van der Waals surface area contributed by atoms with E-state index in [9.17, 15) is 4.79 Å². The van der Waals surface area contributed by atoms with E-state index in [-0.39, 0.29) is 22.9 Å². The number of ether oxygens (including phenoxy) is 1. The molecule has 0 saturated heterocycles. The number of hydrogen-bond acceptors (Lipinski definition) is 2. The number of allylic oxidation sites excluding steroid dienone is 2. The highest BCUT2D eigenvalue weighted by Crippen LogP contribution is 2.48. The van der Waals surface area contributed by atoms with Gasteiger partial charge in [0.05, 0.1) is 0 Å². The van der Waals surface area contributed by atoms with Crippen LogP contribution in [0.3, 0.4) is 0 Å². The number of rotatable bonds is 5. The predicted molar refractivity (Wildman–Crippen MR) is 75.2 cm³/mol. The molecule has 0 aromatic carbocycles. The van der Waals surface area contributed by atoms with Gasteiger partial charge in [-0.1, -0.05) is 59.3 Å². The maximum atomic E-state index is 11.7. The Bertz CT molecular complexity index is 352. The van der Waals surface area contributed by atoms with E-state index >= 15 is 0 Å². The van der Waals surface area contributed by atoms with E-state index in [4.69, 9.17) is 4.74 Å². The summed E-state index contributed by atoms with van der Waals surface area (Å²) in [7, 11) is 0. The molecule has 0 saturated carbocycles. The SMILES string of the molecule is CCCC(=O)OC1C=CC=CC1(C)C(C)(C)CC. The predicted octanol–water partition coefficient (Wildman–Crippen LogP) is 4.27. The van der Waals surface area contributed by atoms with Crippen LogP contribution in [0, 0.1) is 10.8 Å². The van der Waals surface area contributed by atoms with Gasteiger partial charge in [-0.2, -0.15) is 0 Å². The van der Waals surface area contributed by atoms with Crippen LogP contribution in [0.5, 0.6) is 0 Å². The van der Waals surface area contributed by atoms with Gasteiger partial charge in [0.15, 0.2) is 0 Å². The Morgan fingerprint density at radius 1 is 1.33 bits per heavy atom. The molecule has 18 heavy (non-hydrogen) atoms. The van der Waals surface area contributed by atoms with Gasteiger partial charge in [0, 0.05) is 11.8 Å². The van der Waals surface area contributed by atoms with Gasteiger partial charge in [0.25, 0.3) is 0 Å². The van der Waals surface area contributed by atoms with Crippen molar-refractivity contribution < 1.29 is 9.53 Å². The van der Waals surface area contributed by atoms with Gasteiger partial charge in [-0.25, -0.2) is 0 Å². The minimum atomic E-state index is -0.156. The zero-order valence-corrected chi connectivity index (χ0v) is 12.3. The van der Waals surface area contributed by atoms with E-state index in [0.717, 1.165) is 12.8 Å². The molecule has 0 spiro atoms. The first-order chi connectivity index (χ1) is 8.37. The minimum Gasteiger partial charge on any atom is -0.457 e. The lowest BCUT2D eigenvalue weighted by Gasteiger charge is -2.46. The Balaban J connectivity index is 2.91. The molecule has 0 amide bonds. The Morgan fingerprint density at radius 2 is 2.00 bits per heavy atom. The molecular formula is C16H26O2. The van der Waals surface area contributed by atoms with E-state index in [1.807, 2.05) is 19.1 Å². The number of esters is 1. The highest BCUT2D eigenvalue weighted by molar-refractivity contribution is 5.69. The summed E-state index contributed by atoms with van der Waals surface area (Å²) in [4.78, 5) is 11.7. The number of carbonyl (C=O) groups excluding carboxylic acids is 1. The fourth-order valence-electron chi connectivity index (χ4n) is 2.27. The lowest BCUT2D eigenvalue weighted by Crippen LogP contribution is -2.45. The summed E-state index contributed by atoms with van der Waals surface area (Å²) >= 11 is 0. The molecule has 0 bridgehead atoms. The Hall–Kier alpha value is -1.05. The smallest absolute Gasteiger partial charge is 0.306 e. The van der Waals surface area contributed by atoms with Crippen molar-refractivity contribution in [2.75, 3.05) is 0 Å². The fourth-order valence-corrected chi connectivity index (χ4v) is 2.27. The second kappa shape index (κ2) is 5.73. The monoisotopic (exact) mass is 250 g/mol. The summed E-state index contributed by atoms with van der Waals surface area (Å²) in [6.07, 6.45) is 10.4. The molecule has 2 nitrogen and oxygen atoms in total. The molecule has 0 aliphatic heterocycles. The summed E-state index contributed by atoms with van der Waals surface area (Å²) < 4.78 is 5.66. The van der Waals surface area contributed by atoms with E-state index < -0.39 is 0 Å². The summed E-state index contributed by atoms with van der Waals surface area (Å²) in [6, 6.07) is 0. The topological polar surface area (TPSA) is 26.3 Å². The lowest BCUT2D eigenvalue weighted by atomic mass is 9.61. The van der Waals surface area contributed by atoms with Crippen LogP contribution in [-0.2, 0) is 9.53 Å². The Kier molecular flexibility index (Phi) is 4.78. The first-order valence-corrected chi connectivity index (χ1v) is 6.93. The molecule has 2 heteroatoms. The van der Waals surface area contributed by atoms with Gasteiger partial charge in [-0.3, -0.25) is 4.79 Å². The maximum absolute atomic E-state index is 11.7. The molecular weight excluding hydrogens is 224 g/mol. The van der Waals surface area contributed by atoms with Crippen molar-refractivity contribution in [1.82, 2.24) is 0 Å². The minimum absolute atomic E-state index is 0.0887. The zero-order valence-electron chi connectivity index (χ0n) is 12.3. The molecule has 1 aliphatic rings. The van der Waals surface area contributed by atoms with Crippen LogP contribution >= 0.6 is 0 Å². The number of carbonyl (C=O) groups is 1. The molecule has 1 rings (SSSR count). The van der Waals surface area contributed by atoms with E-state index in [2.05, 4.69) is 39.8 Å². The summed E-state index contributed by atoms with van der Waals surface area (Å²) in [6.45, 7) is 10.8. The van der Waals surface area contributed by atoms with Gasteiger partial charge in [-0.05, 0) is 17.9 Å². The normalized spacial score (nSPS) is 27.3. The van der Waals surface area contributed by atoms with E-state index in [1.165, 1.54) is 0 Å². The summed E-state index contributed by atoms with van der Waals surface area (Å²) in [5.41, 5.74) is -0.0503. The van der Waals surface area contributed by atoms with Crippen LogP contribution in [-0.4, -0.2) is 12.1 Å². The van der Waals surface area contributed by atoms with E-state index in [1.54, 1.807) is 0 Å². The third-order valence-electron chi connectivity index (χ3n) is 4.49. The van der Waals surface area contributed by atoms with Crippen molar-refractivity contribution in [3.8, 4) is 0 Å². The van der Waals surface area contributed by atoms with Gasteiger partial charge < -0.3 is 4.74 Å². The molecule has 0 heterocycles. The summed E-state index contributed by atoms with van der Waals surface area (Å²) in [5, 5.41) is 0. The third-order valence-corrected chi connectivity index (χ3v) is 4.49. The quantitative estimate of drug-likeness (QED) is 0.681. The highest BCUT2D eigenvalue weighted by atomic mass is 16.5. The molecule has 0 N–H and O–H groups in total. The standard InChI is InChI=1S/C16H26O2/c1-6-10-14(17)18-13-11-8-9-12-16(13,5)15(3,4)7-2/h8-9,11-13H,6-7,10H2,1-5H3. The third kappa shape index (κ3) is 2.85. The maximum Gasteiger partial charge on any atom is 0.306 e. The second-order valence-corrected chi connectivity index (χ2v) is 5.92. The average Bonchev–Trinajstić information content (AvgIpc) is 2.32. The van der Waals surface area contributed by atoms with Crippen LogP contribution in [0.4, 0.5) is 0 Å². The lowest BCUT2D eigenvalue weighted by molar-refractivity contribution is -0.154. The molecule has 102 valence electrons. The second-order valence-electron chi connectivity index (χ2n) is 5.92. The van der Waals surface area contributed by atoms with Gasteiger partial charge >= 0.3 is 5.97 Å². The van der Waals surface area contributed by atoms with Crippen LogP contribution in [0.1, 0.15) is 53.9 Å². The zero-order chi connectivity index (χ0) is 13.8. The van der Waals surface area contributed by atoms with Gasteiger partial charge in [0.1, 0.15) is 6.10 Å². The van der Waals surface area contributed by atoms with Crippen molar-refractivity contribution in [3.05, 3.63) is 24.3 Å². The van der Waals surface area contributed by atoms with Gasteiger partial charge in [0.2, 0.25) is 0 Å². The van der Waals surface area contributed by atoms with Crippen molar-refractivity contribution in [3.63, 3.8) is 0 Å². The highest BCUT2D eigenvalue weighted by Gasteiger charge is 2.45. The van der Waals surface area contributed by atoms with Crippen molar-refractivity contribution in [2.24, 2.45) is 10.8 Å². The molecule has 1 aliphatic carbocycles. The molecule has 2 atom stereocenters. The first kappa shape index (κ1) is 15.0. The Labute approximate surface area is 111 Å². The van der Waals surface area contributed by atoms with E-state index in [0.29, 0.717) is 6.42 Å². The molecule has 2 unspecified atom stereocenters. The van der Waals surface area contributed by atoms with Crippen LogP contribution in [0.2, 0.25) is 0 Å². The van der Waals surface area contributed by atoms with Crippen LogP contribution < -0.4 is 0 Å². The fraction of sp³-hybridized carbons (Fsp3) is 0.688.